The maximum Gasteiger partial charge on any atom is 0.123 e. The van der Waals surface area contributed by atoms with Crippen molar-refractivity contribution in [2.24, 2.45) is 0 Å². The third-order valence-electron chi connectivity index (χ3n) is 2.63. The highest BCUT2D eigenvalue weighted by molar-refractivity contribution is 9.09. The standard InChI is InChI=1S/C14H10BrCl2F/c15-13(7-9-1-4-11(18)5-2-9)12-6-3-10(16)8-14(12)17/h1-6,8,13H,7H2. The van der Waals surface area contributed by atoms with Gasteiger partial charge in [-0.2, -0.15) is 0 Å². The van der Waals surface area contributed by atoms with Crippen LogP contribution in [0.2, 0.25) is 10.0 Å². The Morgan fingerprint density at radius 3 is 2.33 bits per heavy atom. The molecule has 0 aromatic heterocycles. The van der Waals surface area contributed by atoms with Crippen LogP contribution in [0.3, 0.4) is 0 Å². The second-order valence-corrected chi connectivity index (χ2v) is 5.91. The van der Waals surface area contributed by atoms with Crippen molar-refractivity contribution in [3.05, 3.63) is 69.5 Å². The van der Waals surface area contributed by atoms with Gasteiger partial charge in [-0.15, -0.1) is 0 Å². The fourth-order valence-electron chi connectivity index (χ4n) is 1.69. The zero-order valence-electron chi connectivity index (χ0n) is 9.34. The van der Waals surface area contributed by atoms with Gasteiger partial charge in [0.2, 0.25) is 0 Å². The highest BCUT2D eigenvalue weighted by atomic mass is 79.9. The summed E-state index contributed by atoms with van der Waals surface area (Å²) in [6.45, 7) is 0. The number of halogens is 4. The molecule has 94 valence electrons. The molecular formula is C14H10BrCl2F. The van der Waals surface area contributed by atoms with Gasteiger partial charge in [-0.3, -0.25) is 0 Å². The molecule has 0 saturated carbocycles. The van der Waals surface area contributed by atoms with Crippen molar-refractivity contribution >= 4 is 39.1 Å². The van der Waals surface area contributed by atoms with E-state index in [2.05, 4.69) is 15.9 Å². The van der Waals surface area contributed by atoms with Crippen LogP contribution in [0.4, 0.5) is 4.39 Å². The highest BCUT2D eigenvalue weighted by Crippen LogP contribution is 2.33. The number of alkyl halides is 1. The molecule has 0 aliphatic carbocycles. The van der Waals surface area contributed by atoms with E-state index in [-0.39, 0.29) is 10.6 Å². The number of hydrogen-bond donors (Lipinski definition) is 0. The summed E-state index contributed by atoms with van der Waals surface area (Å²) in [6, 6.07) is 11.9. The van der Waals surface area contributed by atoms with Gasteiger partial charge in [-0.05, 0) is 41.8 Å². The summed E-state index contributed by atoms with van der Waals surface area (Å²) in [5.74, 6) is -0.227. The highest BCUT2D eigenvalue weighted by Gasteiger charge is 2.12. The van der Waals surface area contributed by atoms with E-state index in [1.54, 1.807) is 18.2 Å². The monoisotopic (exact) mass is 346 g/mol. The Bertz CT molecular complexity index is 540. The summed E-state index contributed by atoms with van der Waals surface area (Å²) < 4.78 is 12.8. The maximum absolute atomic E-state index is 12.8. The van der Waals surface area contributed by atoms with Gasteiger partial charge < -0.3 is 0 Å². The zero-order valence-corrected chi connectivity index (χ0v) is 12.4. The molecule has 0 radical (unpaired) electrons. The minimum absolute atomic E-state index is 0.0766. The molecule has 1 atom stereocenters. The molecule has 0 aliphatic rings. The Kier molecular flexibility index (Phi) is 4.66. The zero-order chi connectivity index (χ0) is 13.1. The van der Waals surface area contributed by atoms with Gasteiger partial charge in [0.25, 0.3) is 0 Å². The van der Waals surface area contributed by atoms with E-state index >= 15 is 0 Å². The van der Waals surface area contributed by atoms with E-state index in [1.165, 1.54) is 12.1 Å². The first-order chi connectivity index (χ1) is 8.56. The van der Waals surface area contributed by atoms with Crippen LogP contribution in [-0.2, 0) is 6.42 Å². The normalized spacial score (nSPS) is 12.4. The molecule has 2 rings (SSSR count). The van der Waals surface area contributed by atoms with E-state index < -0.39 is 0 Å². The minimum atomic E-state index is -0.227. The molecule has 0 saturated heterocycles. The molecule has 0 N–H and O–H groups in total. The van der Waals surface area contributed by atoms with Gasteiger partial charge in [0.1, 0.15) is 5.82 Å². The van der Waals surface area contributed by atoms with Crippen LogP contribution >= 0.6 is 39.1 Å². The van der Waals surface area contributed by atoms with Crippen molar-refractivity contribution in [1.29, 1.82) is 0 Å². The lowest BCUT2D eigenvalue weighted by Crippen LogP contribution is -1.96. The Morgan fingerprint density at radius 2 is 1.72 bits per heavy atom. The fraction of sp³-hybridized carbons (Fsp3) is 0.143. The first-order valence-corrected chi connectivity index (χ1v) is 7.07. The largest absolute Gasteiger partial charge is 0.207 e. The predicted molar refractivity (Wildman–Crippen MR) is 78.2 cm³/mol. The van der Waals surface area contributed by atoms with Gasteiger partial charge in [-0.1, -0.05) is 57.3 Å². The lowest BCUT2D eigenvalue weighted by molar-refractivity contribution is 0.627. The lowest BCUT2D eigenvalue weighted by Gasteiger charge is -2.12. The Balaban J connectivity index is 2.16. The Morgan fingerprint density at radius 1 is 1.06 bits per heavy atom. The van der Waals surface area contributed by atoms with Crippen molar-refractivity contribution in [2.45, 2.75) is 11.2 Å². The molecule has 0 heterocycles. The molecule has 18 heavy (non-hydrogen) atoms. The van der Waals surface area contributed by atoms with Crippen molar-refractivity contribution in [3.63, 3.8) is 0 Å². The fourth-order valence-corrected chi connectivity index (χ4v) is 3.14. The second-order valence-electron chi connectivity index (χ2n) is 3.96. The third-order valence-corrected chi connectivity index (χ3v) is 4.01. The SMILES string of the molecule is Fc1ccc(CC(Br)c2ccc(Cl)cc2Cl)cc1. The maximum atomic E-state index is 12.8. The van der Waals surface area contributed by atoms with Crippen LogP contribution in [-0.4, -0.2) is 0 Å². The van der Waals surface area contributed by atoms with Crippen molar-refractivity contribution in [3.8, 4) is 0 Å². The molecule has 4 heteroatoms. The molecule has 0 fully saturated rings. The topological polar surface area (TPSA) is 0 Å². The Labute approximate surface area is 124 Å². The molecule has 1 unspecified atom stereocenters. The summed E-state index contributed by atoms with van der Waals surface area (Å²) in [5, 5.41) is 1.25. The third kappa shape index (κ3) is 3.47. The van der Waals surface area contributed by atoms with Gasteiger partial charge in [0.15, 0.2) is 0 Å². The van der Waals surface area contributed by atoms with Crippen LogP contribution in [0.15, 0.2) is 42.5 Å². The summed E-state index contributed by atoms with van der Waals surface area (Å²) in [4.78, 5) is 0.0766. The van der Waals surface area contributed by atoms with Crippen molar-refractivity contribution < 1.29 is 4.39 Å². The quantitative estimate of drug-likeness (QED) is 0.614. The molecule has 2 aromatic rings. The summed E-state index contributed by atoms with van der Waals surface area (Å²) in [5.41, 5.74) is 2.02. The van der Waals surface area contributed by atoms with Gasteiger partial charge in [-0.25, -0.2) is 4.39 Å². The molecule has 0 bridgehead atoms. The Hall–Kier alpha value is -0.570. The lowest BCUT2D eigenvalue weighted by atomic mass is 10.0. The van der Waals surface area contributed by atoms with Crippen molar-refractivity contribution in [1.82, 2.24) is 0 Å². The summed E-state index contributed by atoms with van der Waals surface area (Å²) >= 11 is 15.6. The predicted octanol–water partition coefficient (Wildman–Crippen LogP) is 5.81. The van der Waals surface area contributed by atoms with Gasteiger partial charge >= 0.3 is 0 Å². The average molecular weight is 348 g/mol. The molecule has 0 aliphatic heterocycles. The van der Waals surface area contributed by atoms with Gasteiger partial charge in [0.05, 0.1) is 0 Å². The number of hydrogen-bond acceptors (Lipinski definition) is 0. The summed E-state index contributed by atoms with van der Waals surface area (Å²) in [7, 11) is 0. The van der Waals surface area contributed by atoms with Gasteiger partial charge in [0, 0.05) is 14.9 Å². The number of rotatable bonds is 3. The smallest absolute Gasteiger partial charge is 0.123 e. The van der Waals surface area contributed by atoms with Crippen LogP contribution in [0.25, 0.3) is 0 Å². The van der Waals surface area contributed by atoms with E-state index in [0.717, 1.165) is 17.5 Å². The van der Waals surface area contributed by atoms with Crippen LogP contribution < -0.4 is 0 Å². The minimum Gasteiger partial charge on any atom is -0.207 e. The van der Waals surface area contributed by atoms with E-state index in [0.29, 0.717) is 10.0 Å². The van der Waals surface area contributed by atoms with Crippen molar-refractivity contribution in [2.75, 3.05) is 0 Å². The van der Waals surface area contributed by atoms with E-state index in [4.69, 9.17) is 23.2 Å². The second kappa shape index (κ2) is 6.05. The average Bonchev–Trinajstić information content (AvgIpc) is 2.32. The molecule has 0 amide bonds. The number of benzene rings is 2. The first kappa shape index (κ1) is 13.9. The molecule has 2 aromatic carbocycles. The van der Waals surface area contributed by atoms with Crippen LogP contribution in [0.5, 0.6) is 0 Å². The summed E-state index contributed by atoms with van der Waals surface area (Å²) in [6.07, 6.45) is 0.738. The molecule has 0 nitrogen and oxygen atoms in total. The van der Waals surface area contributed by atoms with Crippen LogP contribution in [0.1, 0.15) is 16.0 Å². The molecular weight excluding hydrogens is 338 g/mol. The molecule has 0 spiro atoms. The first-order valence-electron chi connectivity index (χ1n) is 5.40. The van der Waals surface area contributed by atoms with Crippen LogP contribution in [0, 0.1) is 5.82 Å². The van der Waals surface area contributed by atoms with E-state index in [9.17, 15) is 4.39 Å². The van der Waals surface area contributed by atoms with E-state index in [1.807, 2.05) is 12.1 Å².